The molecule has 1 amide bonds. The highest BCUT2D eigenvalue weighted by Gasteiger charge is 2.19. The van der Waals surface area contributed by atoms with Crippen LogP contribution in [0.15, 0.2) is 47.4 Å². The lowest BCUT2D eigenvalue weighted by molar-refractivity contribution is -0.115. The van der Waals surface area contributed by atoms with Gasteiger partial charge in [-0.15, -0.1) is 11.8 Å². The Morgan fingerprint density at radius 1 is 1.32 bits per heavy atom. The normalized spacial score (nSPS) is 12.1. The van der Waals surface area contributed by atoms with Crippen molar-refractivity contribution in [2.75, 3.05) is 12.4 Å². The highest BCUT2D eigenvalue weighted by molar-refractivity contribution is 8.00. The number of thioether (sulfide) groups is 1. The molecule has 0 spiro atoms. The first-order valence-electron chi connectivity index (χ1n) is 7.76. The zero-order valence-corrected chi connectivity index (χ0v) is 16.2. The molecule has 130 valence electrons. The van der Waals surface area contributed by atoms with Gasteiger partial charge in [0, 0.05) is 9.92 Å². The number of amides is 1. The Balaban J connectivity index is 1.72. The van der Waals surface area contributed by atoms with Crippen molar-refractivity contribution in [3.05, 3.63) is 47.5 Å². The molecular formula is C18H17ClN2O2S2. The molecule has 0 radical (unpaired) electrons. The molecule has 0 aliphatic rings. The van der Waals surface area contributed by atoms with Gasteiger partial charge in [0.2, 0.25) is 5.91 Å². The molecule has 3 rings (SSSR count). The van der Waals surface area contributed by atoms with Crippen molar-refractivity contribution in [3.63, 3.8) is 0 Å². The predicted molar refractivity (Wildman–Crippen MR) is 106 cm³/mol. The Morgan fingerprint density at radius 3 is 2.76 bits per heavy atom. The monoisotopic (exact) mass is 392 g/mol. The van der Waals surface area contributed by atoms with E-state index in [1.807, 2.05) is 49.4 Å². The van der Waals surface area contributed by atoms with Crippen LogP contribution in [0.5, 0.6) is 5.75 Å². The van der Waals surface area contributed by atoms with E-state index in [1.165, 1.54) is 23.1 Å². The van der Waals surface area contributed by atoms with Crippen LogP contribution in [-0.2, 0) is 4.79 Å². The van der Waals surface area contributed by atoms with Crippen LogP contribution in [0.1, 0.15) is 13.3 Å². The maximum Gasteiger partial charge on any atom is 0.239 e. The second-order valence-corrected chi connectivity index (χ2v) is 8.05. The number of rotatable bonds is 6. The number of carbonyl (C=O) groups excluding carboxylic acids is 1. The van der Waals surface area contributed by atoms with Crippen LogP contribution < -0.4 is 10.1 Å². The van der Waals surface area contributed by atoms with Crippen molar-refractivity contribution in [1.82, 2.24) is 4.98 Å². The van der Waals surface area contributed by atoms with Crippen LogP contribution in [0.3, 0.4) is 0 Å². The van der Waals surface area contributed by atoms with Gasteiger partial charge in [0.1, 0.15) is 5.75 Å². The minimum atomic E-state index is -0.192. The quantitative estimate of drug-likeness (QED) is 0.565. The maximum absolute atomic E-state index is 12.6. The molecule has 1 heterocycles. The number of methoxy groups -OCH3 is 1. The molecule has 0 bridgehead atoms. The second kappa shape index (κ2) is 8.08. The number of thiazole rings is 1. The highest BCUT2D eigenvalue weighted by atomic mass is 35.5. The summed E-state index contributed by atoms with van der Waals surface area (Å²) in [6.45, 7) is 2.00. The number of ether oxygens (including phenoxy) is 1. The van der Waals surface area contributed by atoms with Gasteiger partial charge in [-0.1, -0.05) is 29.9 Å². The molecule has 0 saturated carbocycles. The molecule has 0 aliphatic carbocycles. The Bertz CT molecular complexity index is 880. The highest BCUT2D eigenvalue weighted by Crippen LogP contribution is 2.31. The Hall–Kier alpha value is -1.76. The van der Waals surface area contributed by atoms with Gasteiger partial charge >= 0.3 is 0 Å². The van der Waals surface area contributed by atoms with Crippen molar-refractivity contribution in [3.8, 4) is 5.75 Å². The fourth-order valence-electron chi connectivity index (χ4n) is 2.27. The van der Waals surface area contributed by atoms with Gasteiger partial charge < -0.3 is 10.1 Å². The third-order valence-electron chi connectivity index (χ3n) is 3.58. The first-order chi connectivity index (χ1) is 12.1. The van der Waals surface area contributed by atoms with E-state index in [0.717, 1.165) is 27.3 Å². The van der Waals surface area contributed by atoms with E-state index in [9.17, 15) is 4.79 Å². The number of benzene rings is 2. The van der Waals surface area contributed by atoms with Gasteiger partial charge in [0.15, 0.2) is 5.13 Å². The molecule has 0 fully saturated rings. The molecule has 0 aliphatic heterocycles. The molecule has 1 N–H and O–H groups in total. The summed E-state index contributed by atoms with van der Waals surface area (Å²) >= 11 is 8.87. The van der Waals surface area contributed by atoms with E-state index in [1.54, 1.807) is 7.11 Å². The molecule has 0 saturated heterocycles. The molecule has 3 aromatic rings. The lowest BCUT2D eigenvalue weighted by Gasteiger charge is -2.13. The third kappa shape index (κ3) is 4.45. The first-order valence-corrected chi connectivity index (χ1v) is 9.84. The van der Waals surface area contributed by atoms with E-state index in [-0.39, 0.29) is 11.2 Å². The van der Waals surface area contributed by atoms with Crippen LogP contribution >= 0.6 is 34.7 Å². The molecular weight excluding hydrogens is 376 g/mol. The summed E-state index contributed by atoms with van der Waals surface area (Å²) < 4.78 is 6.20. The lowest BCUT2D eigenvalue weighted by atomic mass is 10.3. The van der Waals surface area contributed by atoms with E-state index in [4.69, 9.17) is 16.3 Å². The summed E-state index contributed by atoms with van der Waals surface area (Å²) in [4.78, 5) is 18.1. The zero-order chi connectivity index (χ0) is 17.8. The van der Waals surface area contributed by atoms with Gasteiger partial charge in [-0.05, 0) is 48.9 Å². The minimum Gasteiger partial charge on any atom is -0.497 e. The van der Waals surface area contributed by atoms with E-state index < -0.39 is 0 Å². The summed E-state index contributed by atoms with van der Waals surface area (Å²) in [5, 5.41) is 4.03. The summed E-state index contributed by atoms with van der Waals surface area (Å²) in [7, 11) is 1.63. The minimum absolute atomic E-state index is 0.0477. The van der Waals surface area contributed by atoms with E-state index >= 15 is 0 Å². The number of hydrogen-bond donors (Lipinski definition) is 1. The Morgan fingerprint density at radius 2 is 2.08 bits per heavy atom. The van der Waals surface area contributed by atoms with E-state index in [2.05, 4.69) is 10.3 Å². The Kier molecular flexibility index (Phi) is 5.83. The maximum atomic E-state index is 12.6. The van der Waals surface area contributed by atoms with Crippen LogP contribution in [0.4, 0.5) is 5.13 Å². The van der Waals surface area contributed by atoms with Crippen molar-refractivity contribution in [2.45, 2.75) is 23.5 Å². The second-order valence-electron chi connectivity index (χ2n) is 5.31. The van der Waals surface area contributed by atoms with Crippen molar-refractivity contribution in [1.29, 1.82) is 0 Å². The van der Waals surface area contributed by atoms with Crippen molar-refractivity contribution < 1.29 is 9.53 Å². The third-order valence-corrected chi connectivity index (χ3v) is 6.14. The largest absolute Gasteiger partial charge is 0.497 e. The van der Waals surface area contributed by atoms with Gasteiger partial charge in [0.05, 0.1) is 22.6 Å². The van der Waals surface area contributed by atoms with Gasteiger partial charge in [-0.3, -0.25) is 4.79 Å². The van der Waals surface area contributed by atoms with Gasteiger partial charge in [0.25, 0.3) is 0 Å². The SMILES string of the molecule is CCC(Sc1ccc(Cl)cc1)C(=O)Nc1nc2ccc(OC)cc2s1. The van der Waals surface area contributed by atoms with E-state index in [0.29, 0.717) is 10.2 Å². The number of anilines is 1. The Labute approximate surface area is 159 Å². The summed E-state index contributed by atoms with van der Waals surface area (Å²) in [5.74, 6) is 0.729. The fraction of sp³-hybridized carbons (Fsp3) is 0.222. The van der Waals surface area contributed by atoms with Crippen molar-refractivity contribution in [2.24, 2.45) is 0 Å². The number of halogens is 1. The van der Waals surface area contributed by atoms with Crippen LogP contribution in [0.25, 0.3) is 10.2 Å². The number of aromatic nitrogens is 1. The summed E-state index contributed by atoms with van der Waals surface area (Å²) in [6.07, 6.45) is 0.720. The standard InChI is InChI=1S/C18H17ClN2O2S2/c1-3-15(24-13-7-4-11(19)5-8-13)17(22)21-18-20-14-9-6-12(23-2)10-16(14)25-18/h4-10,15H,3H2,1-2H3,(H,20,21,22). The molecule has 2 aromatic carbocycles. The molecule has 25 heavy (non-hydrogen) atoms. The topological polar surface area (TPSA) is 51.2 Å². The molecule has 4 nitrogen and oxygen atoms in total. The first kappa shape index (κ1) is 18.0. The average molecular weight is 393 g/mol. The number of hydrogen-bond acceptors (Lipinski definition) is 5. The predicted octanol–water partition coefficient (Wildman–Crippen LogP) is 5.47. The van der Waals surface area contributed by atoms with Crippen LogP contribution in [0, 0.1) is 0 Å². The number of nitrogens with one attached hydrogen (secondary N) is 1. The number of nitrogens with zero attached hydrogens (tertiary/aromatic N) is 1. The molecule has 7 heteroatoms. The number of fused-ring (bicyclic) bond motifs is 1. The number of carbonyl (C=O) groups is 1. The summed E-state index contributed by atoms with van der Waals surface area (Å²) in [6, 6.07) is 13.2. The van der Waals surface area contributed by atoms with Crippen molar-refractivity contribution >= 4 is 56.0 Å². The summed E-state index contributed by atoms with van der Waals surface area (Å²) in [5.41, 5.74) is 0.847. The zero-order valence-electron chi connectivity index (χ0n) is 13.8. The van der Waals surface area contributed by atoms with Crippen LogP contribution in [0.2, 0.25) is 5.02 Å². The van der Waals surface area contributed by atoms with Crippen LogP contribution in [-0.4, -0.2) is 23.3 Å². The lowest BCUT2D eigenvalue weighted by Crippen LogP contribution is -2.24. The molecule has 1 aromatic heterocycles. The van der Waals surface area contributed by atoms with Gasteiger partial charge in [-0.25, -0.2) is 4.98 Å². The average Bonchev–Trinajstić information content (AvgIpc) is 3.02. The van der Waals surface area contributed by atoms with Gasteiger partial charge in [-0.2, -0.15) is 0 Å². The fourth-order valence-corrected chi connectivity index (χ4v) is 4.25. The molecule has 1 atom stereocenters. The molecule has 1 unspecified atom stereocenters. The smallest absolute Gasteiger partial charge is 0.239 e.